The van der Waals surface area contributed by atoms with E-state index in [1.54, 1.807) is 25.3 Å². The van der Waals surface area contributed by atoms with E-state index in [4.69, 9.17) is 20.5 Å². The number of nitrogens with zero attached hydrogens (tertiary/aromatic N) is 1. The largest absolute Gasteiger partial charge is 0.497 e. The van der Waals surface area contributed by atoms with Crippen LogP contribution < -0.4 is 15.2 Å². The Bertz CT molecular complexity index is 603. The fourth-order valence-electron chi connectivity index (χ4n) is 1.89. The second kappa shape index (κ2) is 6.60. The normalized spacial score (nSPS) is 11.4. The van der Waals surface area contributed by atoms with Gasteiger partial charge in [0, 0.05) is 6.54 Å². The first-order valence-electron chi connectivity index (χ1n) is 6.28. The lowest BCUT2D eigenvalue weighted by Gasteiger charge is -2.18. The van der Waals surface area contributed by atoms with Crippen molar-refractivity contribution in [3.63, 3.8) is 0 Å². The molecule has 0 saturated carbocycles. The Hall–Kier alpha value is -2.51. The van der Waals surface area contributed by atoms with E-state index in [2.05, 4.69) is 6.07 Å². The summed E-state index contributed by atoms with van der Waals surface area (Å²) >= 11 is 0. The molecule has 0 aliphatic rings. The molecule has 0 aromatic heterocycles. The number of methoxy groups -OCH3 is 1. The minimum atomic E-state index is -0.296. The second-order valence-corrected chi connectivity index (χ2v) is 4.22. The third kappa shape index (κ3) is 3.08. The second-order valence-electron chi connectivity index (χ2n) is 4.22. The number of benzene rings is 2. The summed E-state index contributed by atoms with van der Waals surface area (Å²) in [6, 6.07) is 16.8. The highest BCUT2D eigenvalue weighted by Gasteiger charge is 2.13. The van der Waals surface area contributed by atoms with Crippen LogP contribution in [0.1, 0.15) is 17.2 Å². The zero-order chi connectivity index (χ0) is 14.4. The van der Waals surface area contributed by atoms with E-state index >= 15 is 0 Å². The maximum atomic E-state index is 9.07. The molecule has 0 fully saturated rings. The molecule has 0 saturated heterocycles. The summed E-state index contributed by atoms with van der Waals surface area (Å²) in [6.07, 6.45) is -0.296. The Morgan fingerprint density at radius 2 is 1.85 bits per heavy atom. The summed E-state index contributed by atoms with van der Waals surface area (Å²) in [5.74, 6) is 1.32. The molecule has 2 N–H and O–H groups in total. The summed E-state index contributed by atoms with van der Waals surface area (Å²) in [6.45, 7) is 0.325. The SMILES string of the molecule is COc1ccc(C(CN)Oc2ccccc2C#N)cc1. The van der Waals surface area contributed by atoms with Gasteiger partial charge in [-0.2, -0.15) is 5.26 Å². The van der Waals surface area contributed by atoms with Crippen molar-refractivity contribution in [1.29, 1.82) is 5.26 Å². The van der Waals surface area contributed by atoms with E-state index < -0.39 is 0 Å². The molecule has 0 aliphatic carbocycles. The lowest BCUT2D eigenvalue weighted by atomic mass is 10.1. The molecule has 2 aromatic rings. The van der Waals surface area contributed by atoms with Gasteiger partial charge in [0.1, 0.15) is 23.7 Å². The van der Waals surface area contributed by atoms with E-state index in [0.717, 1.165) is 11.3 Å². The fourth-order valence-corrected chi connectivity index (χ4v) is 1.89. The standard InChI is InChI=1S/C16H16N2O2/c1-19-14-8-6-12(7-9-14)16(11-18)20-15-5-3-2-4-13(15)10-17/h2-9,16H,11,18H2,1H3. The van der Waals surface area contributed by atoms with Crippen LogP contribution >= 0.6 is 0 Å². The van der Waals surface area contributed by atoms with Crippen LogP contribution in [-0.2, 0) is 0 Å². The Balaban J connectivity index is 2.22. The highest BCUT2D eigenvalue weighted by molar-refractivity contribution is 5.43. The van der Waals surface area contributed by atoms with Crippen LogP contribution in [0.15, 0.2) is 48.5 Å². The van der Waals surface area contributed by atoms with Gasteiger partial charge in [-0.15, -0.1) is 0 Å². The monoisotopic (exact) mass is 268 g/mol. The first kappa shape index (κ1) is 13.9. The van der Waals surface area contributed by atoms with E-state index in [9.17, 15) is 0 Å². The van der Waals surface area contributed by atoms with Crippen molar-refractivity contribution >= 4 is 0 Å². The van der Waals surface area contributed by atoms with Gasteiger partial charge in [-0.3, -0.25) is 0 Å². The summed E-state index contributed by atoms with van der Waals surface area (Å²) in [5.41, 5.74) is 7.22. The van der Waals surface area contributed by atoms with Crippen molar-refractivity contribution in [3.8, 4) is 17.6 Å². The molecule has 0 spiro atoms. The summed E-state index contributed by atoms with van der Waals surface area (Å²) in [7, 11) is 1.62. The van der Waals surface area contributed by atoms with Crippen LogP contribution in [0.3, 0.4) is 0 Å². The van der Waals surface area contributed by atoms with Gasteiger partial charge in [-0.25, -0.2) is 0 Å². The van der Waals surface area contributed by atoms with Crippen LogP contribution in [0.5, 0.6) is 11.5 Å². The van der Waals surface area contributed by atoms with Gasteiger partial charge in [0.15, 0.2) is 0 Å². The van der Waals surface area contributed by atoms with Crippen molar-refractivity contribution in [2.24, 2.45) is 5.73 Å². The van der Waals surface area contributed by atoms with Gasteiger partial charge in [0.2, 0.25) is 0 Å². The number of hydrogen-bond donors (Lipinski definition) is 1. The molecule has 20 heavy (non-hydrogen) atoms. The molecular weight excluding hydrogens is 252 g/mol. The fraction of sp³-hybridized carbons (Fsp3) is 0.188. The topological polar surface area (TPSA) is 68.3 Å². The third-order valence-corrected chi connectivity index (χ3v) is 2.98. The van der Waals surface area contributed by atoms with E-state index in [1.165, 1.54) is 0 Å². The Morgan fingerprint density at radius 1 is 1.15 bits per heavy atom. The highest BCUT2D eigenvalue weighted by Crippen LogP contribution is 2.25. The first-order chi connectivity index (χ1) is 9.78. The number of hydrogen-bond acceptors (Lipinski definition) is 4. The molecule has 0 heterocycles. The van der Waals surface area contributed by atoms with Crippen molar-refractivity contribution in [2.75, 3.05) is 13.7 Å². The van der Waals surface area contributed by atoms with Crippen molar-refractivity contribution in [3.05, 3.63) is 59.7 Å². The van der Waals surface area contributed by atoms with Crippen LogP contribution in [0.25, 0.3) is 0 Å². The Kier molecular flexibility index (Phi) is 4.59. The smallest absolute Gasteiger partial charge is 0.138 e. The number of para-hydroxylation sites is 1. The third-order valence-electron chi connectivity index (χ3n) is 2.98. The zero-order valence-corrected chi connectivity index (χ0v) is 11.2. The van der Waals surface area contributed by atoms with Gasteiger partial charge in [-0.1, -0.05) is 24.3 Å². The van der Waals surface area contributed by atoms with Crippen LogP contribution in [-0.4, -0.2) is 13.7 Å². The summed E-state index contributed by atoms with van der Waals surface area (Å²) < 4.78 is 11.0. The lowest BCUT2D eigenvalue weighted by molar-refractivity contribution is 0.213. The molecule has 102 valence electrons. The Labute approximate surface area is 118 Å². The van der Waals surface area contributed by atoms with Gasteiger partial charge < -0.3 is 15.2 Å². The minimum Gasteiger partial charge on any atom is -0.497 e. The molecule has 0 radical (unpaired) electrons. The Morgan fingerprint density at radius 3 is 2.45 bits per heavy atom. The molecule has 2 rings (SSSR count). The van der Waals surface area contributed by atoms with Crippen molar-refractivity contribution in [2.45, 2.75) is 6.10 Å². The molecule has 0 aliphatic heterocycles. The minimum absolute atomic E-state index is 0.296. The van der Waals surface area contributed by atoms with Gasteiger partial charge in [0.05, 0.1) is 12.7 Å². The van der Waals surface area contributed by atoms with Crippen LogP contribution in [0.4, 0.5) is 0 Å². The predicted molar refractivity (Wildman–Crippen MR) is 76.6 cm³/mol. The molecule has 0 amide bonds. The molecular formula is C16H16N2O2. The molecule has 1 atom stereocenters. The van der Waals surface area contributed by atoms with E-state index in [-0.39, 0.29) is 6.10 Å². The molecule has 4 nitrogen and oxygen atoms in total. The first-order valence-corrected chi connectivity index (χ1v) is 6.28. The molecule has 4 heteroatoms. The van der Waals surface area contributed by atoms with E-state index in [0.29, 0.717) is 17.9 Å². The average molecular weight is 268 g/mol. The molecule has 0 bridgehead atoms. The number of nitrogens with two attached hydrogens (primary N) is 1. The van der Waals surface area contributed by atoms with Crippen molar-refractivity contribution < 1.29 is 9.47 Å². The lowest BCUT2D eigenvalue weighted by Crippen LogP contribution is -2.18. The zero-order valence-electron chi connectivity index (χ0n) is 11.2. The molecule has 1 unspecified atom stereocenters. The van der Waals surface area contributed by atoms with Crippen LogP contribution in [0.2, 0.25) is 0 Å². The maximum Gasteiger partial charge on any atom is 0.138 e. The predicted octanol–water partition coefficient (Wildman–Crippen LogP) is 2.65. The van der Waals surface area contributed by atoms with Gasteiger partial charge in [0.25, 0.3) is 0 Å². The highest BCUT2D eigenvalue weighted by atomic mass is 16.5. The summed E-state index contributed by atoms with van der Waals surface area (Å²) in [4.78, 5) is 0. The number of ether oxygens (including phenoxy) is 2. The summed E-state index contributed by atoms with van der Waals surface area (Å²) in [5, 5.41) is 9.07. The van der Waals surface area contributed by atoms with E-state index in [1.807, 2.05) is 30.3 Å². The van der Waals surface area contributed by atoms with Crippen LogP contribution in [0, 0.1) is 11.3 Å². The maximum absolute atomic E-state index is 9.07. The van der Waals surface area contributed by atoms with Crippen molar-refractivity contribution in [1.82, 2.24) is 0 Å². The van der Waals surface area contributed by atoms with Gasteiger partial charge >= 0.3 is 0 Å². The number of nitriles is 1. The average Bonchev–Trinajstić information content (AvgIpc) is 2.53. The molecule has 2 aromatic carbocycles. The number of rotatable bonds is 5. The van der Waals surface area contributed by atoms with Gasteiger partial charge in [-0.05, 0) is 29.8 Å². The quantitative estimate of drug-likeness (QED) is 0.905.